The molecule has 0 saturated carbocycles. The van der Waals surface area contributed by atoms with Crippen molar-refractivity contribution < 1.29 is 22.3 Å². The van der Waals surface area contributed by atoms with Gasteiger partial charge in [0.25, 0.3) is 15.9 Å². The van der Waals surface area contributed by atoms with Crippen LogP contribution in [0.2, 0.25) is 0 Å². The first-order valence-corrected chi connectivity index (χ1v) is 11.5. The normalized spacial score (nSPS) is 11.0. The van der Waals surface area contributed by atoms with Gasteiger partial charge in [0.15, 0.2) is 0 Å². The fourth-order valence-electron chi connectivity index (χ4n) is 2.69. The fourth-order valence-corrected chi connectivity index (χ4v) is 4.22. The Kier molecular flexibility index (Phi) is 6.63. The van der Waals surface area contributed by atoms with E-state index in [1.54, 1.807) is 18.2 Å². The minimum Gasteiger partial charge on any atom is -0.495 e. The summed E-state index contributed by atoms with van der Waals surface area (Å²) in [7, 11) is -2.55. The first-order chi connectivity index (χ1) is 14.3. The number of benzene rings is 3. The number of sulfonamides is 1. The van der Waals surface area contributed by atoms with Crippen molar-refractivity contribution in [1.82, 2.24) is 0 Å². The predicted molar refractivity (Wildman–Crippen MR) is 116 cm³/mol. The predicted octanol–water partition coefficient (Wildman–Crippen LogP) is 4.61. The molecule has 0 heterocycles. The highest BCUT2D eigenvalue weighted by molar-refractivity contribution is 7.98. The van der Waals surface area contributed by atoms with E-state index in [2.05, 4.69) is 10.0 Å². The van der Waals surface area contributed by atoms with E-state index in [0.717, 1.165) is 4.90 Å². The van der Waals surface area contributed by atoms with Crippen molar-refractivity contribution in [2.45, 2.75) is 9.79 Å². The van der Waals surface area contributed by atoms with Crippen LogP contribution in [0.25, 0.3) is 0 Å². The third-order valence-electron chi connectivity index (χ3n) is 4.17. The van der Waals surface area contributed by atoms with E-state index in [4.69, 9.17) is 4.74 Å². The second-order valence-corrected chi connectivity index (χ2v) is 8.70. The number of thioether (sulfide) groups is 1. The third-order valence-corrected chi connectivity index (χ3v) is 6.27. The summed E-state index contributed by atoms with van der Waals surface area (Å²) in [5.41, 5.74) is 0.348. The molecule has 9 heteroatoms. The molecule has 1 amide bonds. The number of nitrogens with one attached hydrogen (secondary N) is 2. The third kappa shape index (κ3) is 4.92. The van der Waals surface area contributed by atoms with Crippen LogP contribution >= 0.6 is 11.8 Å². The number of carbonyl (C=O) groups is 1. The van der Waals surface area contributed by atoms with Crippen LogP contribution in [-0.2, 0) is 10.0 Å². The van der Waals surface area contributed by atoms with Gasteiger partial charge in [0.2, 0.25) is 0 Å². The molecular formula is C21H19FN2O4S2. The zero-order valence-electron chi connectivity index (χ0n) is 16.2. The van der Waals surface area contributed by atoms with E-state index in [9.17, 15) is 17.6 Å². The quantitative estimate of drug-likeness (QED) is 0.518. The summed E-state index contributed by atoms with van der Waals surface area (Å²) in [6, 6.07) is 16.5. The highest BCUT2D eigenvalue weighted by atomic mass is 32.2. The number of carbonyl (C=O) groups excluding carboxylic acids is 1. The molecule has 6 nitrogen and oxygen atoms in total. The van der Waals surface area contributed by atoms with E-state index < -0.39 is 21.7 Å². The Morgan fingerprint density at radius 2 is 1.80 bits per heavy atom. The van der Waals surface area contributed by atoms with Crippen molar-refractivity contribution in [1.29, 1.82) is 0 Å². The molecule has 0 aliphatic rings. The topological polar surface area (TPSA) is 84.5 Å². The molecule has 156 valence electrons. The lowest BCUT2D eigenvalue weighted by Gasteiger charge is -2.14. The van der Waals surface area contributed by atoms with Crippen molar-refractivity contribution >= 4 is 39.1 Å². The number of methoxy groups -OCH3 is 1. The van der Waals surface area contributed by atoms with Gasteiger partial charge in [0.05, 0.1) is 23.3 Å². The average molecular weight is 447 g/mol. The summed E-state index contributed by atoms with van der Waals surface area (Å²) in [5, 5.41) is 2.51. The Bertz CT molecular complexity index is 1180. The highest BCUT2D eigenvalue weighted by Crippen LogP contribution is 2.29. The molecule has 0 aromatic heterocycles. The highest BCUT2D eigenvalue weighted by Gasteiger charge is 2.19. The van der Waals surface area contributed by atoms with E-state index in [1.807, 2.05) is 12.3 Å². The zero-order chi connectivity index (χ0) is 21.7. The molecule has 0 spiro atoms. The van der Waals surface area contributed by atoms with Gasteiger partial charge >= 0.3 is 0 Å². The molecular weight excluding hydrogens is 427 g/mol. The van der Waals surface area contributed by atoms with Crippen LogP contribution in [0.4, 0.5) is 15.8 Å². The Balaban J connectivity index is 1.91. The maximum atomic E-state index is 13.9. The largest absolute Gasteiger partial charge is 0.495 e. The second-order valence-electron chi connectivity index (χ2n) is 6.13. The van der Waals surface area contributed by atoms with Gasteiger partial charge in [-0.1, -0.05) is 18.2 Å². The Morgan fingerprint density at radius 1 is 1.03 bits per heavy atom. The molecule has 0 bridgehead atoms. The van der Waals surface area contributed by atoms with Gasteiger partial charge in [0, 0.05) is 10.6 Å². The number of hydrogen-bond acceptors (Lipinski definition) is 5. The molecule has 30 heavy (non-hydrogen) atoms. The van der Waals surface area contributed by atoms with E-state index in [0.29, 0.717) is 5.69 Å². The maximum Gasteiger partial charge on any atom is 0.261 e. The van der Waals surface area contributed by atoms with Crippen LogP contribution in [0.3, 0.4) is 0 Å². The van der Waals surface area contributed by atoms with Crippen molar-refractivity contribution in [3.63, 3.8) is 0 Å². The lowest BCUT2D eigenvalue weighted by atomic mass is 10.2. The van der Waals surface area contributed by atoms with Crippen molar-refractivity contribution in [3.8, 4) is 5.75 Å². The van der Waals surface area contributed by atoms with Crippen LogP contribution in [0.15, 0.2) is 76.5 Å². The fraction of sp³-hybridized carbons (Fsp3) is 0.0952. The Morgan fingerprint density at radius 3 is 2.50 bits per heavy atom. The lowest BCUT2D eigenvalue weighted by molar-refractivity contribution is 0.102. The van der Waals surface area contributed by atoms with Gasteiger partial charge < -0.3 is 10.1 Å². The number of amides is 1. The second kappa shape index (κ2) is 9.19. The van der Waals surface area contributed by atoms with Crippen LogP contribution in [-0.4, -0.2) is 27.7 Å². The minimum absolute atomic E-state index is 0.0818. The zero-order valence-corrected chi connectivity index (χ0v) is 17.8. The Labute approximate surface area is 178 Å². The summed E-state index contributed by atoms with van der Waals surface area (Å²) >= 11 is 1.49. The molecule has 3 aromatic carbocycles. The van der Waals surface area contributed by atoms with Gasteiger partial charge in [-0.3, -0.25) is 9.52 Å². The summed E-state index contributed by atoms with van der Waals surface area (Å²) < 4.78 is 47.3. The van der Waals surface area contributed by atoms with Gasteiger partial charge in [-0.15, -0.1) is 11.8 Å². The molecule has 3 aromatic rings. The summed E-state index contributed by atoms with van der Waals surface area (Å²) in [5.74, 6) is -1.17. The van der Waals surface area contributed by atoms with E-state index in [-0.39, 0.29) is 21.9 Å². The summed E-state index contributed by atoms with van der Waals surface area (Å²) in [4.78, 5) is 13.3. The van der Waals surface area contributed by atoms with Crippen molar-refractivity contribution in [2.75, 3.05) is 23.4 Å². The minimum atomic E-state index is -3.93. The first kappa shape index (κ1) is 21.7. The van der Waals surface area contributed by atoms with Crippen LogP contribution < -0.4 is 14.8 Å². The van der Waals surface area contributed by atoms with Crippen molar-refractivity contribution in [2.24, 2.45) is 0 Å². The SMILES string of the molecule is COc1ccc(S(=O)(=O)Nc2cccc(SC)c2)cc1NC(=O)c1ccccc1F. The molecule has 0 radical (unpaired) electrons. The molecule has 0 aliphatic carbocycles. The number of ether oxygens (including phenoxy) is 1. The Hall–Kier alpha value is -3.04. The first-order valence-electron chi connectivity index (χ1n) is 8.75. The van der Waals surface area contributed by atoms with E-state index >= 15 is 0 Å². The maximum absolute atomic E-state index is 13.9. The molecule has 0 saturated heterocycles. The molecule has 2 N–H and O–H groups in total. The lowest BCUT2D eigenvalue weighted by Crippen LogP contribution is -2.16. The number of hydrogen-bond donors (Lipinski definition) is 2. The summed E-state index contributed by atoms with van der Waals surface area (Å²) in [6.45, 7) is 0. The number of rotatable bonds is 7. The number of anilines is 2. The molecule has 0 aliphatic heterocycles. The van der Waals surface area contributed by atoms with Gasteiger partial charge in [-0.2, -0.15) is 0 Å². The van der Waals surface area contributed by atoms with Crippen molar-refractivity contribution in [3.05, 3.63) is 78.1 Å². The number of halogens is 1. The van der Waals surface area contributed by atoms with Crippen LogP contribution in [0.5, 0.6) is 5.75 Å². The standard InChI is InChI=1S/C21H19FN2O4S2/c1-28-20-11-10-16(30(26,27)24-14-6-5-7-15(12-14)29-2)13-19(20)23-21(25)17-8-3-4-9-18(17)22/h3-13,24H,1-2H3,(H,23,25). The van der Waals surface area contributed by atoms with Gasteiger partial charge in [-0.25, -0.2) is 12.8 Å². The molecule has 3 rings (SSSR count). The molecule has 0 unspecified atom stereocenters. The molecule has 0 fully saturated rings. The van der Waals surface area contributed by atoms with Gasteiger partial charge in [0.1, 0.15) is 11.6 Å². The van der Waals surface area contributed by atoms with Gasteiger partial charge in [-0.05, 0) is 54.8 Å². The van der Waals surface area contributed by atoms with E-state index in [1.165, 1.54) is 61.3 Å². The smallest absolute Gasteiger partial charge is 0.261 e. The molecule has 0 atom stereocenters. The monoisotopic (exact) mass is 446 g/mol. The van der Waals surface area contributed by atoms with Crippen LogP contribution in [0.1, 0.15) is 10.4 Å². The summed E-state index contributed by atoms with van der Waals surface area (Å²) in [6.07, 6.45) is 1.89. The average Bonchev–Trinajstić information content (AvgIpc) is 2.73. The van der Waals surface area contributed by atoms with Crippen LogP contribution in [0, 0.1) is 5.82 Å².